The number of hydrogen-bond acceptors (Lipinski definition) is 3. The number of carbonyl (C=O) groups excluding carboxylic acids is 1. The number of hydrazine groups is 1. The molecule has 92 valence electrons. The second-order valence-electron chi connectivity index (χ2n) is 4.39. The number of amides is 1. The number of rotatable bonds is 4. The molecule has 0 radical (unpaired) electrons. The smallest absolute Gasteiger partial charge is 0.265 e. The molecule has 0 heterocycles. The van der Waals surface area contributed by atoms with Crippen LogP contribution in [0, 0.1) is 0 Å². The van der Waals surface area contributed by atoms with Gasteiger partial charge in [-0.25, -0.2) is 5.84 Å². The van der Waals surface area contributed by atoms with Crippen LogP contribution in [-0.4, -0.2) is 11.2 Å². The predicted molar refractivity (Wildman–Crippen MR) is 71.6 cm³/mol. The molecule has 4 heteroatoms. The average molecular weight is 250 g/mol. The van der Waals surface area contributed by atoms with Crippen molar-refractivity contribution in [1.82, 2.24) is 5.43 Å². The summed E-state index contributed by atoms with van der Waals surface area (Å²) in [4.78, 5) is 11.4. The fourth-order valence-corrected chi connectivity index (χ4v) is 3.43. The van der Waals surface area contributed by atoms with Gasteiger partial charge in [0.2, 0.25) is 0 Å². The number of benzene rings is 1. The maximum absolute atomic E-state index is 11.4. The van der Waals surface area contributed by atoms with Crippen LogP contribution in [0.3, 0.4) is 0 Å². The topological polar surface area (TPSA) is 55.1 Å². The summed E-state index contributed by atoms with van der Waals surface area (Å²) in [6.07, 6.45) is 5.42. The highest BCUT2D eigenvalue weighted by Crippen LogP contribution is 2.31. The van der Waals surface area contributed by atoms with E-state index in [-0.39, 0.29) is 5.91 Å². The highest BCUT2D eigenvalue weighted by atomic mass is 32.2. The molecule has 0 aromatic heterocycles. The molecule has 2 rings (SSSR count). The van der Waals surface area contributed by atoms with Crippen molar-refractivity contribution in [2.24, 2.45) is 5.84 Å². The fourth-order valence-electron chi connectivity index (χ4n) is 2.15. The SMILES string of the molecule is NNC(=O)c1cccc(CSC2CCCC2)c1. The molecule has 0 spiro atoms. The van der Waals surface area contributed by atoms with Gasteiger partial charge < -0.3 is 0 Å². The van der Waals surface area contributed by atoms with Crippen LogP contribution in [0.4, 0.5) is 0 Å². The van der Waals surface area contributed by atoms with E-state index < -0.39 is 0 Å². The number of nitrogens with one attached hydrogen (secondary N) is 1. The van der Waals surface area contributed by atoms with Crippen LogP contribution in [-0.2, 0) is 5.75 Å². The first-order valence-electron chi connectivity index (χ1n) is 6.01. The summed E-state index contributed by atoms with van der Waals surface area (Å²) < 4.78 is 0. The summed E-state index contributed by atoms with van der Waals surface area (Å²) >= 11 is 2.00. The summed E-state index contributed by atoms with van der Waals surface area (Å²) in [6, 6.07) is 7.68. The molecule has 0 bridgehead atoms. The van der Waals surface area contributed by atoms with Crippen molar-refractivity contribution in [3.8, 4) is 0 Å². The van der Waals surface area contributed by atoms with E-state index >= 15 is 0 Å². The lowest BCUT2D eigenvalue weighted by atomic mass is 10.1. The first-order chi connectivity index (χ1) is 8.29. The summed E-state index contributed by atoms with van der Waals surface area (Å²) in [7, 11) is 0. The van der Waals surface area contributed by atoms with Gasteiger partial charge in [-0.2, -0.15) is 11.8 Å². The summed E-state index contributed by atoms with van der Waals surface area (Å²) in [5, 5.41) is 0.807. The second-order valence-corrected chi connectivity index (χ2v) is 5.68. The molecule has 1 amide bonds. The average Bonchev–Trinajstić information content (AvgIpc) is 2.89. The zero-order valence-corrected chi connectivity index (χ0v) is 10.6. The molecule has 1 saturated carbocycles. The maximum atomic E-state index is 11.4. The Morgan fingerprint density at radius 2 is 2.18 bits per heavy atom. The Morgan fingerprint density at radius 3 is 2.88 bits per heavy atom. The zero-order valence-electron chi connectivity index (χ0n) is 9.82. The van der Waals surface area contributed by atoms with Crippen LogP contribution in [0.2, 0.25) is 0 Å². The van der Waals surface area contributed by atoms with Crippen molar-refractivity contribution >= 4 is 17.7 Å². The molecule has 3 nitrogen and oxygen atoms in total. The highest BCUT2D eigenvalue weighted by Gasteiger charge is 2.15. The molecule has 3 N–H and O–H groups in total. The van der Waals surface area contributed by atoms with E-state index in [2.05, 4.69) is 11.5 Å². The minimum atomic E-state index is -0.224. The molecule has 1 aromatic carbocycles. The van der Waals surface area contributed by atoms with Crippen LogP contribution in [0.1, 0.15) is 41.6 Å². The molecule has 0 atom stereocenters. The van der Waals surface area contributed by atoms with Gasteiger partial charge in [-0.05, 0) is 30.5 Å². The third-order valence-electron chi connectivity index (χ3n) is 3.11. The number of nitrogen functional groups attached to an aromatic ring is 1. The van der Waals surface area contributed by atoms with Gasteiger partial charge in [0.25, 0.3) is 5.91 Å². The van der Waals surface area contributed by atoms with E-state index in [9.17, 15) is 4.79 Å². The molecule has 0 saturated heterocycles. The molecule has 0 unspecified atom stereocenters. The molecule has 1 aliphatic carbocycles. The zero-order chi connectivity index (χ0) is 12.1. The van der Waals surface area contributed by atoms with Gasteiger partial charge in [0.15, 0.2) is 0 Å². The van der Waals surface area contributed by atoms with Gasteiger partial charge in [0.1, 0.15) is 0 Å². The lowest BCUT2D eigenvalue weighted by Gasteiger charge is -2.09. The lowest BCUT2D eigenvalue weighted by molar-refractivity contribution is 0.0953. The molecular formula is C13H18N2OS. The third-order valence-corrected chi connectivity index (χ3v) is 4.55. The van der Waals surface area contributed by atoms with Gasteiger partial charge in [0, 0.05) is 16.6 Å². The van der Waals surface area contributed by atoms with E-state index in [0.717, 1.165) is 11.0 Å². The first kappa shape index (κ1) is 12.5. The number of nitrogens with two attached hydrogens (primary N) is 1. The molecule has 1 fully saturated rings. The van der Waals surface area contributed by atoms with Gasteiger partial charge in [-0.1, -0.05) is 25.0 Å². The number of carbonyl (C=O) groups is 1. The quantitative estimate of drug-likeness (QED) is 0.490. The highest BCUT2D eigenvalue weighted by molar-refractivity contribution is 7.99. The lowest BCUT2D eigenvalue weighted by Crippen LogP contribution is -2.29. The van der Waals surface area contributed by atoms with Crippen LogP contribution >= 0.6 is 11.8 Å². The van der Waals surface area contributed by atoms with Crippen molar-refractivity contribution in [3.63, 3.8) is 0 Å². The van der Waals surface area contributed by atoms with Crippen molar-refractivity contribution < 1.29 is 4.79 Å². The first-order valence-corrected chi connectivity index (χ1v) is 7.06. The van der Waals surface area contributed by atoms with Gasteiger partial charge in [-0.3, -0.25) is 10.2 Å². The maximum Gasteiger partial charge on any atom is 0.265 e. The number of hydrogen-bond donors (Lipinski definition) is 2. The van der Waals surface area contributed by atoms with Crippen molar-refractivity contribution in [2.45, 2.75) is 36.7 Å². The second kappa shape index (κ2) is 6.07. The minimum absolute atomic E-state index is 0.224. The van der Waals surface area contributed by atoms with E-state index in [1.807, 2.05) is 23.9 Å². The van der Waals surface area contributed by atoms with E-state index in [1.54, 1.807) is 6.07 Å². The Kier molecular flexibility index (Phi) is 4.45. The van der Waals surface area contributed by atoms with Crippen LogP contribution in [0.15, 0.2) is 24.3 Å². The van der Waals surface area contributed by atoms with Crippen molar-refractivity contribution in [2.75, 3.05) is 0 Å². The van der Waals surface area contributed by atoms with Gasteiger partial charge in [-0.15, -0.1) is 0 Å². The monoisotopic (exact) mass is 250 g/mol. The molecule has 0 aliphatic heterocycles. The third kappa shape index (κ3) is 3.48. The summed E-state index contributed by atoms with van der Waals surface area (Å²) in [5.74, 6) is 5.88. The molecule has 1 aromatic rings. The van der Waals surface area contributed by atoms with Crippen LogP contribution < -0.4 is 11.3 Å². The largest absolute Gasteiger partial charge is 0.290 e. The van der Waals surface area contributed by atoms with Crippen LogP contribution in [0.25, 0.3) is 0 Å². The minimum Gasteiger partial charge on any atom is -0.290 e. The standard InChI is InChI=1S/C13H18N2OS/c14-15-13(16)11-5-3-4-10(8-11)9-17-12-6-1-2-7-12/h3-5,8,12H,1-2,6-7,9,14H2,(H,15,16). The molecule has 1 aliphatic rings. The van der Waals surface area contributed by atoms with Crippen LogP contribution in [0.5, 0.6) is 0 Å². The Labute approximate surface area is 106 Å². The van der Waals surface area contributed by atoms with Crippen molar-refractivity contribution in [1.29, 1.82) is 0 Å². The fraction of sp³-hybridized carbons (Fsp3) is 0.462. The normalized spacial score (nSPS) is 16.1. The Balaban J connectivity index is 1.93. The van der Waals surface area contributed by atoms with Gasteiger partial charge >= 0.3 is 0 Å². The summed E-state index contributed by atoms with van der Waals surface area (Å²) in [6.45, 7) is 0. The molecular weight excluding hydrogens is 232 g/mol. The summed E-state index contributed by atoms with van der Waals surface area (Å²) in [5.41, 5.74) is 3.99. The number of thioether (sulfide) groups is 1. The van der Waals surface area contributed by atoms with E-state index in [1.165, 1.54) is 31.2 Å². The van der Waals surface area contributed by atoms with Crippen molar-refractivity contribution in [3.05, 3.63) is 35.4 Å². The Morgan fingerprint density at radius 1 is 1.41 bits per heavy atom. The predicted octanol–water partition coefficient (Wildman–Crippen LogP) is 2.47. The van der Waals surface area contributed by atoms with E-state index in [4.69, 9.17) is 5.84 Å². The van der Waals surface area contributed by atoms with E-state index in [0.29, 0.717) is 5.56 Å². The Bertz CT molecular complexity index is 389. The molecule has 17 heavy (non-hydrogen) atoms. The Hall–Kier alpha value is -1.00. The van der Waals surface area contributed by atoms with Gasteiger partial charge in [0.05, 0.1) is 0 Å².